The molecule has 2 nitrogen and oxygen atoms in total. The summed E-state index contributed by atoms with van der Waals surface area (Å²) < 4.78 is 18.6. The summed E-state index contributed by atoms with van der Waals surface area (Å²) in [5, 5.41) is 0. The lowest BCUT2D eigenvalue weighted by molar-refractivity contribution is -0.120. The maximum absolute atomic E-state index is 13.4. The van der Waals surface area contributed by atoms with Gasteiger partial charge in [0.05, 0.1) is 0 Å². The van der Waals surface area contributed by atoms with Crippen molar-refractivity contribution in [2.24, 2.45) is 5.92 Å². The lowest BCUT2D eigenvalue weighted by Gasteiger charge is -2.21. The SMILES string of the molecule is O=C(Cc1ccccc1F)CC1CCOCC1. The van der Waals surface area contributed by atoms with Crippen LogP contribution < -0.4 is 0 Å². The Morgan fingerprint density at radius 2 is 2.00 bits per heavy atom. The Balaban J connectivity index is 1.86. The van der Waals surface area contributed by atoms with Crippen molar-refractivity contribution in [1.29, 1.82) is 0 Å². The Bertz CT molecular complexity index is 384. The Morgan fingerprint density at radius 1 is 1.29 bits per heavy atom. The standard InChI is InChI=1S/C14H17FO2/c15-14-4-2-1-3-12(14)10-13(16)9-11-5-7-17-8-6-11/h1-4,11H,5-10H2. The average molecular weight is 236 g/mol. The van der Waals surface area contributed by atoms with E-state index in [9.17, 15) is 9.18 Å². The summed E-state index contributed by atoms with van der Waals surface area (Å²) in [5.41, 5.74) is 0.504. The van der Waals surface area contributed by atoms with Gasteiger partial charge in [-0.05, 0) is 30.4 Å². The molecule has 0 radical (unpaired) electrons. The quantitative estimate of drug-likeness (QED) is 0.803. The van der Waals surface area contributed by atoms with Crippen LogP contribution in [0.2, 0.25) is 0 Å². The highest BCUT2D eigenvalue weighted by atomic mass is 19.1. The Kier molecular flexibility index (Phi) is 4.26. The van der Waals surface area contributed by atoms with Gasteiger partial charge in [0.15, 0.2) is 0 Å². The molecule has 1 aromatic rings. The molecule has 0 bridgehead atoms. The number of carbonyl (C=O) groups excluding carboxylic acids is 1. The third-order valence-corrected chi connectivity index (χ3v) is 3.20. The number of ether oxygens (including phenoxy) is 1. The Labute approximate surface area is 101 Å². The number of rotatable bonds is 4. The second-order valence-corrected chi connectivity index (χ2v) is 4.57. The highest BCUT2D eigenvalue weighted by molar-refractivity contribution is 5.81. The molecule has 1 saturated heterocycles. The summed E-state index contributed by atoms with van der Waals surface area (Å²) in [6, 6.07) is 6.48. The van der Waals surface area contributed by atoms with Crippen molar-refractivity contribution in [3.63, 3.8) is 0 Å². The molecular formula is C14H17FO2. The summed E-state index contributed by atoms with van der Waals surface area (Å²) in [7, 11) is 0. The summed E-state index contributed by atoms with van der Waals surface area (Å²) in [6.07, 6.45) is 2.66. The molecule has 1 aromatic carbocycles. The average Bonchev–Trinajstić information content (AvgIpc) is 2.33. The minimum atomic E-state index is -0.284. The fourth-order valence-electron chi connectivity index (χ4n) is 2.20. The van der Waals surface area contributed by atoms with Crippen molar-refractivity contribution >= 4 is 5.78 Å². The van der Waals surface area contributed by atoms with Crippen LogP contribution in [0.15, 0.2) is 24.3 Å². The van der Waals surface area contributed by atoms with Crippen LogP contribution in [-0.4, -0.2) is 19.0 Å². The van der Waals surface area contributed by atoms with Gasteiger partial charge in [-0.15, -0.1) is 0 Å². The van der Waals surface area contributed by atoms with Gasteiger partial charge in [0.25, 0.3) is 0 Å². The van der Waals surface area contributed by atoms with Crippen molar-refractivity contribution in [1.82, 2.24) is 0 Å². The van der Waals surface area contributed by atoms with Gasteiger partial charge < -0.3 is 4.74 Å². The number of carbonyl (C=O) groups is 1. The summed E-state index contributed by atoms with van der Waals surface area (Å²) >= 11 is 0. The van der Waals surface area contributed by atoms with E-state index in [1.165, 1.54) is 6.07 Å². The predicted octanol–water partition coefficient (Wildman–Crippen LogP) is 2.75. The number of ketones is 1. The zero-order valence-electron chi connectivity index (χ0n) is 9.82. The fourth-order valence-corrected chi connectivity index (χ4v) is 2.20. The van der Waals surface area contributed by atoms with Crippen LogP contribution in [0.4, 0.5) is 4.39 Å². The molecule has 17 heavy (non-hydrogen) atoms. The van der Waals surface area contributed by atoms with E-state index < -0.39 is 0 Å². The highest BCUT2D eigenvalue weighted by Crippen LogP contribution is 2.20. The third-order valence-electron chi connectivity index (χ3n) is 3.20. The summed E-state index contributed by atoms with van der Waals surface area (Å²) in [6.45, 7) is 1.50. The first-order chi connectivity index (χ1) is 8.25. The van der Waals surface area contributed by atoms with Crippen molar-refractivity contribution in [2.45, 2.75) is 25.7 Å². The number of benzene rings is 1. The molecule has 1 fully saturated rings. The first-order valence-corrected chi connectivity index (χ1v) is 6.08. The largest absolute Gasteiger partial charge is 0.381 e. The second kappa shape index (κ2) is 5.92. The molecule has 1 heterocycles. The Morgan fingerprint density at radius 3 is 2.71 bits per heavy atom. The van der Waals surface area contributed by atoms with Gasteiger partial charge in [-0.2, -0.15) is 0 Å². The zero-order chi connectivity index (χ0) is 12.1. The van der Waals surface area contributed by atoms with Crippen LogP contribution in [0.3, 0.4) is 0 Å². The molecule has 0 spiro atoms. The molecule has 0 amide bonds. The van der Waals surface area contributed by atoms with Gasteiger partial charge >= 0.3 is 0 Å². The Hall–Kier alpha value is -1.22. The van der Waals surface area contributed by atoms with Crippen LogP contribution >= 0.6 is 0 Å². The summed E-state index contributed by atoms with van der Waals surface area (Å²) in [5.74, 6) is 0.262. The minimum absolute atomic E-state index is 0.127. The maximum atomic E-state index is 13.4. The lowest BCUT2D eigenvalue weighted by atomic mass is 9.92. The van der Waals surface area contributed by atoms with Crippen molar-refractivity contribution in [3.8, 4) is 0 Å². The second-order valence-electron chi connectivity index (χ2n) is 4.57. The normalized spacial score (nSPS) is 17.0. The first kappa shape index (κ1) is 12.2. The fraction of sp³-hybridized carbons (Fsp3) is 0.500. The first-order valence-electron chi connectivity index (χ1n) is 6.08. The molecule has 0 unspecified atom stereocenters. The molecule has 2 rings (SSSR count). The van der Waals surface area contributed by atoms with Crippen LogP contribution in [0.5, 0.6) is 0 Å². The van der Waals surface area contributed by atoms with E-state index in [2.05, 4.69) is 0 Å². The number of Topliss-reactive ketones (excluding diaryl/α,β-unsaturated/α-hetero) is 1. The monoisotopic (exact) mass is 236 g/mol. The molecule has 0 aliphatic carbocycles. The van der Waals surface area contributed by atoms with E-state index in [0.29, 0.717) is 17.9 Å². The smallest absolute Gasteiger partial charge is 0.137 e. The van der Waals surface area contributed by atoms with E-state index in [-0.39, 0.29) is 18.0 Å². The van der Waals surface area contributed by atoms with E-state index in [1.54, 1.807) is 18.2 Å². The predicted molar refractivity (Wildman–Crippen MR) is 63.3 cm³/mol. The van der Waals surface area contributed by atoms with Crippen molar-refractivity contribution in [3.05, 3.63) is 35.6 Å². The number of halogens is 1. The molecule has 1 aliphatic heterocycles. The molecule has 0 N–H and O–H groups in total. The molecule has 3 heteroatoms. The number of hydrogen-bond donors (Lipinski definition) is 0. The van der Waals surface area contributed by atoms with Crippen LogP contribution in [0.1, 0.15) is 24.8 Å². The van der Waals surface area contributed by atoms with E-state index in [1.807, 2.05) is 0 Å². The molecule has 0 atom stereocenters. The van der Waals surface area contributed by atoms with E-state index in [4.69, 9.17) is 4.74 Å². The van der Waals surface area contributed by atoms with Gasteiger partial charge in [0.1, 0.15) is 11.6 Å². The van der Waals surface area contributed by atoms with E-state index >= 15 is 0 Å². The molecule has 1 aliphatic rings. The van der Waals surface area contributed by atoms with Gasteiger partial charge in [-0.1, -0.05) is 18.2 Å². The van der Waals surface area contributed by atoms with E-state index in [0.717, 1.165) is 26.1 Å². The summed E-state index contributed by atoms with van der Waals surface area (Å²) in [4.78, 5) is 11.8. The van der Waals surface area contributed by atoms with Crippen molar-refractivity contribution < 1.29 is 13.9 Å². The van der Waals surface area contributed by atoms with Crippen LogP contribution in [0.25, 0.3) is 0 Å². The minimum Gasteiger partial charge on any atom is -0.381 e. The molecular weight excluding hydrogens is 219 g/mol. The van der Waals surface area contributed by atoms with Crippen LogP contribution in [-0.2, 0) is 16.0 Å². The third kappa shape index (κ3) is 3.63. The zero-order valence-corrected chi connectivity index (χ0v) is 9.82. The van der Waals surface area contributed by atoms with Gasteiger partial charge in [0.2, 0.25) is 0 Å². The molecule has 92 valence electrons. The van der Waals surface area contributed by atoms with Gasteiger partial charge in [-0.3, -0.25) is 4.79 Å². The van der Waals surface area contributed by atoms with Gasteiger partial charge in [-0.25, -0.2) is 4.39 Å². The topological polar surface area (TPSA) is 26.3 Å². The lowest BCUT2D eigenvalue weighted by Crippen LogP contribution is -2.19. The highest BCUT2D eigenvalue weighted by Gasteiger charge is 2.18. The van der Waals surface area contributed by atoms with Crippen LogP contribution in [0, 0.1) is 11.7 Å². The van der Waals surface area contributed by atoms with Crippen molar-refractivity contribution in [2.75, 3.05) is 13.2 Å². The maximum Gasteiger partial charge on any atom is 0.137 e. The van der Waals surface area contributed by atoms with Gasteiger partial charge in [0, 0.05) is 26.1 Å². The molecule has 0 saturated carbocycles. The number of hydrogen-bond acceptors (Lipinski definition) is 2. The molecule has 0 aromatic heterocycles.